The Hall–Kier alpha value is -3.77. The minimum atomic E-state index is -4.12. The van der Waals surface area contributed by atoms with Crippen LogP contribution in [0.1, 0.15) is 47.0 Å². The lowest BCUT2D eigenvalue weighted by molar-refractivity contribution is -0.361. The molecule has 1 unspecified atom stereocenters. The Morgan fingerprint density at radius 2 is 1.95 bits per heavy atom. The fourth-order valence-electron chi connectivity index (χ4n) is 5.36. The molecule has 9 heteroatoms. The maximum absolute atomic E-state index is 15.8. The van der Waals surface area contributed by atoms with Gasteiger partial charge in [-0.25, -0.2) is 4.79 Å². The standard InChI is InChI=1S/C28H23BF2N2O3S/c1-17-10-19(3)32-25(17)15-26-18(2)11-24(33(26)29(32,30)31)8-7-21-12-22-13-23-16-37(35)9-5-4-6-20(23)14-27(22)36-28(21)34/h7-8,10-15H,5,9,16H2,1-3H3. The molecule has 0 spiro atoms. The lowest BCUT2D eigenvalue weighted by Crippen LogP contribution is -2.50. The van der Waals surface area contributed by atoms with Crippen LogP contribution in [-0.2, 0) is 16.6 Å². The Kier molecular flexibility index (Phi) is 5.35. The smallest absolute Gasteiger partial charge is 0.422 e. The Morgan fingerprint density at radius 1 is 1.14 bits per heavy atom. The molecule has 0 bridgehead atoms. The third-order valence-corrected chi connectivity index (χ3v) is 8.38. The quantitative estimate of drug-likeness (QED) is 0.276. The van der Waals surface area contributed by atoms with Crippen molar-refractivity contribution in [3.63, 3.8) is 0 Å². The van der Waals surface area contributed by atoms with Crippen molar-refractivity contribution in [3.8, 4) is 11.8 Å². The van der Waals surface area contributed by atoms with Gasteiger partial charge >= 0.3 is 12.6 Å². The molecule has 0 amide bonds. The third-order valence-electron chi connectivity index (χ3n) is 7.08. The van der Waals surface area contributed by atoms with Crippen LogP contribution >= 0.6 is 0 Å². The van der Waals surface area contributed by atoms with E-state index in [1.54, 1.807) is 44.2 Å². The normalized spacial score (nSPS) is 20.0. The summed E-state index contributed by atoms with van der Waals surface area (Å²) in [4.78, 5) is 12.8. The van der Waals surface area contributed by atoms with Gasteiger partial charge in [0.15, 0.2) is 11.4 Å². The van der Waals surface area contributed by atoms with Gasteiger partial charge in [0.1, 0.15) is 5.58 Å². The zero-order valence-corrected chi connectivity index (χ0v) is 21.4. The highest BCUT2D eigenvalue weighted by molar-refractivity contribution is 7.84. The largest absolute Gasteiger partial charge is 0.737 e. The van der Waals surface area contributed by atoms with Crippen LogP contribution < -0.4 is 5.63 Å². The van der Waals surface area contributed by atoms with E-state index in [0.29, 0.717) is 57.3 Å². The molecule has 186 valence electrons. The fourth-order valence-corrected chi connectivity index (χ4v) is 6.42. The first kappa shape index (κ1) is 23.6. The summed E-state index contributed by atoms with van der Waals surface area (Å²) in [5.41, 5.74) is 4.89. The summed E-state index contributed by atoms with van der Waals surface area (Å²) in [7, 11) is -1.02. The molecule has 0 N–H and O–H groups in total. The molecular formula is C28H23BF2N2O3S. The molecule has 5 nitrogen and oxygen atoms in total. The number of hydrogen-bond acceptors (Lipinski definition) is 3. The van der Waals surface area contributed by atoms with Crippen molar-refractivity contribution in [2.45, 2.75) is 32.9 Å². The monoisotopic (exact) mass is 516 g/mol. The summed E-state index contributed by atoms with van der Waals surface area (Å²) in [6.45, 7) is 1.20. The van der Waals surface area contributed by atoms with Gasteiger partial charge in [0.05, 0.1) is 5.56 Å². The van der Waals surface area contributed by atoms with E-state index < -0.39 is 23.4 Å². The van der Waals surface area contributed by atoms with Gasteiger partial charge in [-0.1, -0.05) is 11.8 Å². The van der Waals surface area contributed by atoms with Gasteiger partial charge in [-0.05, 0) is 67.9 Å². The molecule has 0 saturated carbocycles. The summed E-state index contributed by atoms with van der Waals surface area (Å²) >= 11 is 0. The summed E-state index contributed by atoms with van der Waals surface area (Å²) in [6, 6.07) is 6.99. The summed E-state index contributed by atoms with van der Waals surface area (Å²) in [5, 5.41) is 0.664. The van der Waals surface area contributed by atoms with Crippen molar-refractivity contribution in [2.24, 2.45) is 0 Å². The molecule has 3 aromatic rings. The van der Waals surface area contributed by atoms with Crippen molar-refractivity contribution in [3.05, 3.63) is 91.7 Å². The maximum atomic E-state index is 15.8. The van der Waals surface area contributed by atoms with Crippen LogP contribution in [0.25, 0.3) is 23.1 Å². The van der Waals surface area contributed by atoms with Crippen LogP contribution in [0, 0.1) is 25.7 Å². The maximum Gasteiger partial charge on any atom is 0.737 e. The second-order valence-electron chi connectivity index (χ2n) is 9.67. The molecule has 0 saturated heterocycles. The highest BCUT2D eigenvalue weighted by atomic mass is 32.2. The van der Waals surface area contributed by atoms with E-state index in [4.69, 9.17) is 4.42 Å². The van der Waals surface area contributed by atoms with Gasteiger partial charge in [-0.15, -0.1) is 0 Å². The topological polar surface area (TPSA) is 55.2 Å². The molecule has 1 aromatic carbocycles. The SMILES string of the molecule is CC1=CC(C=Cc2cc3cc4c(cc3oc2=O)C#CCCS(=O)C4)=[N+]2C1=Cc1c(C)cc(C)n1[B-]2(F)F. The van der Waals surface area contributed by atoms with E-state index in [2.05, 4.69) is 11.8 Å². The molecule has 3 aliphatic rings. The van der Waals surface area contributed by atoms with Crippen LogP contribution in [-0.4, -0.2) is 31.6 Å². The number of fused-ring (bicyclic) bond motifs is 4. The zero-order chi connectivity index (χ0) is 26.1. The number of rotatable bonds is 2. The summed E-state index contributed by atoms with van der Waals surface area (Å²) in [5.74, 6) is 6.99. The lowest BCUT2D eigenvalue weighted by Gasteiger charge is -2.30. The van der Waals surface area contributed by atoms with Gasteiger partial charge in [0, 0.05) is 69.2 Å². The van der Waals surface area contributed by atoms with Crippen LogP contribution in [0.15, 0.2) is 56.9 Å². The van der Waals surface area contributed by atoms with Crippen molar-refractivity contribution in [2.75, 3.05) is 5.75 Å². The van der Waals surface area contributed by atoms with Crippen molar-refractivity contribution in [1.29, 1.82) is 0 Å². The number of allylic oxidation sites excluding steroid dienone is 3. The molecule has 2 aromatic heterocycles. The number of hydrogen-bond donors (Lipinski definition) is 0. The third kappa shape index (κ3) is 3.78. The van der Waals surface area contributed by atoms with Crippen LogP contribution in [0.3, 0.4) is 0 Å². The van der Waals surface area contributed by atoms with E-state index in [-0.39, 0.29) is 5.56 Å². The van der Waals surface area contributed by atoms with E-state index in [0.717, 1.165) is 25.7 Å². The molecule has 0 radical (unpaired) electrons. The van der Waals surface area contributed by atoms with E-state index in [1.807, 2.05) is 13.0 Å². The highest BCUT2D eigenvalue weighted by Gasteiger charge is 2.53. The molecule has 5 heterocycles. The average molecular weight is 516 g/mol. The number of aromatic nitrogens is 1. The van der Waals surface area contributed by atoms with E-state index >= 15 is 8.63 Å². The first-order chi connectivity index (χ1) is 17.6. The molecule has 6 rings (SSSR count). The Labute approximate surface area is 215 Å². The highest BCUT2D eigenvalue weighted by Crippen LogP contribution is 2.37. The second-order valence-corrected chi connectivity index (χ2v) is 11.3. The van der Waals surface area contributed by atoms with Gasteiger partial charge in [-0.3, -0.25) is 4.21 Å². The zero-order valence-electron chi connectivity index (χ0n) is 20.6. The van der Waals surface area contributed by atoms with Crippen LogP contribution in [0.5, 0.6) is 0 Å². The number of nitrogens with zero attached hydrogens (tertiary/aromatic N) is 2. The first-order valence-corrected chi connectivity index (χ1v) is 13.5. The predicted octanol–water partition coefficient (Wildman–Crippen LogP) is 4.92. The Bertz CT molecular complexity index is 1810. The Morgan fingerprint density at radius 3 is 2.76 bits per heavy atom. The number of aryl methyl sites for hydroxylation is 2. The van der Waals surface area contributed by atoms with E-state index in [1.165, 1.54) is 12.2 Å². The van der Waals surface area contributed by atoms with Gasteiger partial charge < -0.3 is 22.0 Å². The predicted molar refractivity (Wildman–Crippen MR) is 144 cm³/mol. The molecule has 37 heavy (non-hydrogen) atoms. The molecule has 1 atom stereocenters. The second kappa shape index (κ2) is 8.39. The van der Waals surface area contributed by atoms with Gasteiger partial charge in [0.2, 0.25) is 0 Å². The van der Waals surface area contributed by atoms with Crippen molar-refractivity contribution in [1.82, 2.24) is 4.48 Å². The summed E-state index contributed by atoms with van der Waals surface area (Å²) in [6.07, 6.45) is 7.10. The Balaban J connectivity index is 1.44. The van der Waals surface area contributed by atoms with Crippen molar-refractivity contribution >= 4 is 46.6 Å². The van der Waals surface area contributed by atoms with Gasteiger partial charge in [0.25, 0.3) is 0 Å². The number of benzene rings is 1. The lowest BCUT2D eigenvalue weighted by atomic mass is 9.89. The average Bonchev–Trinajstić information content (AvgIpc) is 3.30. The van der Waals surface area contributed by atoms with Crippen LogP contribution in [0.2, 0.25) is 0 Å². The van der Waals surface area contributed by atoms with E-state index in [9.17, 15) is 9.00 Å². The van der Waals surface area contributed by atoms with Crippen molar-refractivity contribution < 1.29 is 21.7 Å². The minimum Gasteiger partial charge on any atom is -0.422 e. The molecular weight excluding hydrogens is 493 g/mol. The van der Waals surface area contributed by atoms with Gasteiger partial charge in [-0.2, -0.15) is 0 Å². The molecule has 3 aliphatic heterocycles. The first-order valence-electron chi connectivity index (χ1n) is 12.0. The molecule has 0 aliphatic carbocycles. The minimum absolute atomic E-state index is 0.239. The fraction of sp³-hybridized carbons (Fsp3) is 0.214. The van der Waals surface area contributed by atoms with Crippen LogP contribution in [0.4, 0.5) is 8.63 Å². The summed E-state index contributed by atoms with van der Waals surface area (Å²) < 4.78 is 51.6. The number of halogens is 2. The molecule has 0 fully saturated rings.